The van der Waals surface area contributed by atoms with Crippen LogP contribution in [-0.4, -0.2) is 45.8 Å². The lowest BCUT2D eigenvalue weighted by Gasteiger charge is -2.28. The van der Waals surface area contributed by atoms with Gasteiger partial charge in [-0.25, -0.2) is 0 Å². The minimum Gasteiger partial charge on any atom is -0.345 e. The lowest BCUT2D eigenvalue weighted by atomic mass is 10.2. The molecule has 2 amide bonds. The number of benzene rings is 2. The Kier molecular flexibility index (Phi) is 12.4. The number of hydrogen-bond donors (Lipinski definition) is 0. The van der Waals surface area contributed by atoms with Gasteiger partial charge in [0.15, 0.2) is 0 Å². The van der Waals surface area contributed by atoms with Crippen molar-refractivity contribution in [2.24, 2.45) is 0 Å². The summed E-state index contributed by atoms with van der Waals surface area (Å²) in [6.07, 6.45) is 10.4. The van der Waals surface area contributed by atoms with Crippen molar-refractivity contribution >= 4 is 33.8 Å². The molecule has 1 heterocycles. The molecule has 0 spiro atoms. The molecule has 0 aliphatic rings. The molecule has 0 bridgehead atoms. The van der Waals surface area contributed by atoms with E-state index < -0.39 is 0 Å². The van der Waals surface area contributed by atoms with Crippen LogP contribution in [0.2, 0.25) is 0 Å². The van der Waals surface area contributed by atoms with Crippen LogP contribution in [0.15, 0.2) is 83.5 Å². The monoisotopic (exact) mass is 577 g/mol. The number of carbonyl (C=O) groups excluding carboxylic acids is 2. The van der Waals surface area contributed by atoms with Gasteiger partial charge in [0.1, 0.15) is 6.54 Å². The van der Waals surface area contributed by atoms with E-state index in [-0.39, 0.29) is 18.4 Å². The molecule has 5 nitrogen and oxygen atoms in total. The van der Waals surface area contributed by atoms with Crippen molar-refractivity contribution in [1.29, 1.82) is 0 Å². The molecule has 0 saturated carbocycles. The first-order valence-electron chi connectivity index (χ1n) is 13.7. The fourth-order valence-corrected chi connectivity index (χ4v) is 4.55. The fraction of sp³-hybridized carbons (Fsp3) is 0.375. The van der Waals surface area contributed by atoms with E-state index in [2.05, 4.69) is 58.7 Å². The standard InChI is InChI=1S/C32H40BrN3O2/c1-3-5-10-22-36(31(37)20-17-27-12-8-7-9-13-27)26-32(38)35(21-6-4-2)25-30-14-11-23-34(30)24-28-15-18-29(33)19-16-28/h7-9,11-20,23H,3-6,10,21-22,24-26H2,1-2H3. The zero-order valence-electron chi connectivity index (χ0n) is 22.7. The predicted octanol–water partition coefficient (Wildman–Crippen LogP) is 7.16. The van der Waals surface area contributed by atoms with Crippen LogP contribution >= 0.6 is 15.9 Å². The highest BCUT2D eigenvalue weighted by molar-refractivity contribution is 9.10. The molecule has 6 heteroatoms. The Morgan fingerprint density at radius 3 is 2.26 bits per heavy atom. The van der Waals surface area contributed by atoms with Crippen LogP contribution in [0.4, 0.5) is 0 Å². The fourth-order valence-electron chi connectivity index (χ4n) is 4.29. The van der Waals surface area contributed by atoms with Gasteiger partial charge in [0.25, 0.3) is 0 Å². The van der Waals surface area contributed by atoms with Gasteiger partial charge in [0.2, 0.25) is 11.8 Å². The van der Waals surface area contributed by atoms with Crippen LogP contribution in [0.1, 0.15) is 62.8 Å². The minimum absolute atomic E-state index is 0.00667. The first kappa shape index (κ1) is 29.4. The van der Waals surface area contributed by atoms with Gasteiger partial charge >= 0.3 is 0 Å². The number of halogens is 1. The van der Waals surface area contributed by atoms with Gasteiger partial charge in [-0.15, -0.1) is 0 Å². The Morgan fingerprint density at radius 2 is 1.55 bits per heavy atom. The number of unbranched alkanes of at least 4 members (excludes halogenated alkanes) is 3. The maximum Gasteiger partial charge on any atom is 0.247 e. The van der Waals surface area contributed by atoms with Gasteiger partial charge in [-0.3, -0.25) is 9.59 Å². The molecule has 3 rings (SSSR count). The summed E-state index contributed by atoms with van der Waals surface area (Å²) in [5.74, 6) is -0.125. The molecule has 0 saturated heterocycles. The van der Waals surface area contributed by atoms with Crippen molar-refractivity contribution in [2.75, 3.05) is 19.6 Å². The number of amides is 2. The van der Waals surface area contributed by atoms with E-state index >= 15 is 0 Å². The summed E-state index contributed by atoms with van der Waals surface area (Å²) in [4.78, 5) is 30.4. The highest BCUT2D eigenvalue weighted by Gasteiger charge is 2.21. The molecule has 0 aliphatic carbocycles. The average Bonchev–Trinajstić information content (AvgIpc) is 3.37. The van der Waals surface area contributed by atoms with Crippen LogP contribution in [0, 0.1) is 0 Å². The maximum atomic E-state index is 13.6. The van der Waals surface area contributed by atoms with Gasteiger partial charge in [0, 0.05) is 42.1 Å². The normalized spacial score (nSPS) is 11.1. The van der Waals surface area contributed by atoms with Crippen molar-refractivity contribution in [3.8, 4) is 0 Å². The number of aromatic nitrogens is 1. The number of carbonyl (C=O) groups is 2. The SMILES string of the molecule is CCCCCN(CC(=O)N(CCCC)Cc1cccn1Cc1ccc(Br)cc1)C(=O)C=Cc1ccccc1. The minimum atomic E-state index is -0.118. The van der Waals surface area contributed by atoms with Crippen LogP contribution < -0.4 is 0 Å². The van der Waals surface area contributed by atoms with Gasteiger partial charge in [-0.1, -0.05) is 91.5 Å². The van der Waals surface area contributed by atoms with Crippen LogP contribution in [0.25, 0.3) is 6.08 Å². The first-order valence-corrected chi connectivity index (χ1v) is 14.5. The number of rotatable bonds is 15. The van der Waals surface area contributed by atoms with E-state index in [1.54, 1.807) is 11.0 Å². The Bertz CT molecular complexity index is 1150. The quantitative estimate of drug-likeness (QED) is 0.142. The Hall–Kier alpha value is -3.12. The molecule has 1 aromatic heterocycles. The molecule has 0 fully saturated rings. The van der Waals surface area contributed by atoms with E-state index in [1.807, 2.05) is 59.5 Å². The maximum absolute atomic E-state index is 13.6. The lowest BCUT2D eigenvalue weighted by Crippen LogP contribution is -2.43. The third-order valence-electron chi connectivity index (χ3n) is 6.56. The summed E-state index contributed by atoms with van der Waals surface area (Å²) in [6.45, 7) is 6.90. The molecule has 0 N–H and O–H groups in total. The van der Waals surface area contributed by atoms with Crippen LogP contribution in [-0.2, 0) is 22.7 Å². The summed E-state index contributed by atoms with van der Waals surface area (Å²) < 4.78 is 3.25. The largest absolute Gasteiger partial charge is 0.345 e. The van der Waals surface area contributed by atoms with Gasteiger partial charge in [-0.2, -0.15) is 0 Å². The lowest BCUT2D eigenvalue weighted by molar-refractivity contribution is -0.138. The third kappa shape index (κ3) is 9.64. The van der Waals surface area contributed by atoms with Gasteiger partial charge in [-0.05, 0) is 54.3 Å². The highest BCUT2D eigenvalue weighted by atomic mass is 79.9. The molecular formula is C32H40BrN3O2. The van der Waals surface area contributed by atoms with Crippen molar-refractivity contribution in [3.05, 3.63) is 100 Å². The Labute approximate surface area is 236 Å². The third-order valence-corrected chi connectivity index (χ3v) is 7.09. The second-order valence-corrected chi connectivity index (χ2v) is 10.5. The second-order valence-electron chi connectivity index (χ2n) is 9.63. The summed E-state index contributed by atoms with van der Waals surface area (Å²) in [7, 11) is 0. The number of nitrogens with zero attached hydrogens (tertiary/aromatic N) is 3. The molecule has 0 aliphatic heterocycles. The van der Waals surface area contributed by atoms with Crippen molar-refractivity contribution in [2.45, 2.75) is 59.0 Å². The second kappa shape index (κ2) is 16.0. The molecule has 0 atom stereocenters. The molecule has 38 heavy (non-hydrogen) atoms. The molecule has 202 valence electrons. The molecule has 3 aromatic rings. The van der Waals surface area contributed by atoms with E-state index in [9.17, 15) is 9.59 Å². The summed E-state index contributed by atoms with van der Waals surface area (Å²) in [5.41, 5.74) is 3.26. The summed E-state index contributed by atoms with van der Waals surface area (Å²) >= 11 is 3.50. The zero-order chi connectivity index (χ0) is 27.2. The van der Waals surface area contributed by atoms with Crippen molar-refractivity contribution < 1.29 is 9.59 Å². The molecule has 0 unspecified atom stereocenters. The van der Waals surface area contributed by atoms with Gasteiger partial charge in [0.05, 0.1) is 6.54 Å². The van der Waals surface area contributed by atoms with Crippen molar-refractivity contribution in [3.63, 3.8) is 0 Å². The van der Waals surface area contributed by atoms with E-state index in [0.717, 1.165) is 54.4 Å². The van der Waals surface area contributed by atoms with Gasteiger partial charge < -0.3 is 14.4 Å². The summed E-state index contributed by atoms with van der Waals surface area (Å²) in [5, 5.41) is 0. The smallest absolute Gasteiger partial charge is 0.247 e. The molecule has 2 aromatic carbocycles. The van der Waals surface area contributed by atoms with Crippen LogP contribution in [0.3, 0.4) is 0 Å². The average molecular weight is 579 g/mol. The molecular weight excluding hydrogens is 538 g/mol. The van der Waals surface area contributed by atoms with E-state index in [0.29, 0.717) is 19.6 Å². The Balaban J connectivity index is 1.72. The van der Waals surface area contributed by atoms with Crippen molar-refractivity contribution in [1.82, 2.24) is 14.4 Å². The topological polar surface area (TPSA) is 45.6 Å². The summed E-state index contributed by atoms with van der Waals surface area (Å²) in [6, 6.07) is 22.2. The Morgan fingerprint density at radius 1 is 0.842 bits per heavy atom. The zero-order valence-corrected chi connectivity index (χ0v) is 24.3. The molecule has 0 radical (unpaired) electrons. The highest BCUT2D eigenvalue weighted by Crippen LogP contribution is 2.15. The first-order chi connectivity index (χ1) is 18.5. The van der Waals surface area contributed by atoms with E-state index in [1.165, 1.54) is 5.56 Å². The predicted molar refractivity (Wildman–Crippen MR) is 160 cm³/mol. The van der Waals surface area contributed by atoms with E-state index in [4.69, 9.17) is 0 Å². The van der Waals surface area contributed by atoms with Crippen LogP contribution in [0.5, 0.6) is 0 Å². The number of hydrogen-bond acceptors (Lipinski definition) is 2.